The lowest BCUT2D eigenvalue weighted by atomic mass is 10.2. The summed E-state index contributed by atoms with van der Waals surface area (Å²) in [6.45, 7) is 4.23. The van der Waals surface area contributed by atoms with Gasteiger partial charge in [0.05, 0.1) is 5.75 Å². The van der Waals surface area contributed by atoms with E-state index in [-0.39, 0.29) is 17.9 Å². The zero-order valence-electron chi connectivity index (χ0n) is 17.3. The Morgan fingerprint density at radius 1 is 1.06 bits per heavy atom. The minimum atomic E-state index is -4.02. The van der Waals surface area contributed by atoms with E-state index in [9.17, 15) is 26.0 Å². The molecule has 1 aliphatic rings. The standard InChI is InChI=1S/C21H24FN3O5S2/c1-2-11-23-31(27,28)15-16-5-8-18(9-6-16)24-21(26)17-7-10-19(22)20(14-17)32(29,30)25-12-3-4-13-25/h2,5-10,14,23H,1,3-4,11-13,15H2,(H,24,26). The number of rotatable bonds is 9. The van der Waals surface area contributed by atoms with Gasteiger partial charge in [0.15, 0.2) is 0 Å². The van der Waals surface area contributed by atoms with Gasteiger partial charge in [0.2, 0.25) is 20.0 Å². The first kappa shape index (κ1) is 24.1. The van der Waals surface area contributed by atoms with Crippen molar-refractivity contribution < 1.29 is 26.0 Å². The van der Waals surface area contributed by atoms with Crippen LogP contribution in [0.2, 0.25) is 0 Å². The van der Waals surface area contributed by atoms with Crippen LogP contribution in [0.4, 0.5) is 10.1 Å². The van der Waals surface area contributed by atoms with Gasteiger partial charge in [0.1, 0.15) is 10.7 Å². The van der Waals surface area contributed by atoms with Crippen molar-refractivity contribution in [2.45, 2.75) is 23.5 Å². The number of carbonyl (C=O) groups is 1. The Hall–Kier alpha value is -2.60. The second-order valence-electron chi connectivity index (χ2n) is 7.30. The predicted octanol–water partition coefficient (Wildman–Crippen LogP) is 2.47. The van der Waals surface area contributed by atoms with E-state index in [2.05, 4.69) is 16.6 Å². The van der Waals surface area contributed by atoms with Crippen LogP contribution in [0.15, 0.2) is 60.0 Å². The van der Waals surface area contributed by atoms with E-state index >= 15 is 0 Å². The molecule has 0 aromatic heterocycles. The maximum absolute atomic E-state index is 14.3. The van der Waals surface area contributed by atoms with E-state index in [1.54, 1.807) is 12.1 Å². The van der Waals surface area contributed by atoms with Crippen molar-refractivity contribution in [1.29, 1.82) is 0 Å². The van der Waals surface area contributed by atoms with Crippen molar-refractivity contribution in [3.8, 4) is 0 Å². The van der Waals surface area contributed by atoms with Gasteiger partial charge in [-0.25, -0.2) is 25.9 Å². The fraction of sp³-hybridized carbons (Fsp3) is 0.286. The number of sulfonamides is 2. The number of carbonyl (C=O) groups excluding carboxylic acids is 1. The molecule has 1 aliphatic heterocycles. The molecule has 2 aromatic rings. The molecule has 0 bridgehead atoms. The van der Waals surface area contributed by atoms with Crippen LogP contribution in [-0.4, -0.2) is 46.7 Å². The molecule has 2 N–H and O–H groups in total. The fourth-order valence-electron chi connectivity index (χ4n) is 3.25. The minimum absolute atomic E-state index is 0.00977. The third-order valence-corrected chi connectivity index (χ3v) is 8.13. The second-order valence-corrected chi connectivity index (χ2v) is 11.0. The first-order valence-corrected chi connectivity index (χ1v) is 13.0. The van der Waals surface area contributed by atoms with E-state index in [0.29, 0.717) is 37.2 Å². The lowest BCUT2D eigenvalue weighted by molar-refractivity contribution is 0.102. The third kappa shape index (κ3) is 5.80. The summed E-state index contributed by atoms with van der Waals surface area (Å²) >= 11 is 0. The molecule has 0 unspecified atom stereocenters. The Morgan fingerprint density at radius 2 is 1.72 bits per heavy atom. The smallest absolute Gasteiger partial charge is 0.255 e. The van der Waals surface area contributed by atoms with E-state index in [1.807, 2.05) is 0 Å². The number of hydrogen-bond acceptors (Lipinski definition) is 5. The molecule has 3 rings (SSSR count). The lowest BCUT2D eigenvalue weighted by Gasteiger charge is -2.16. The van der Waals surface area contributed by atoms with Gasteiger partial charge in [-0.3, -0.25) is 4.79 Å². The molecule has 1 heterocycles. The normalized spacial score (nSPS) is 14.9. The number of benzene rings is 2. The van der Waals surface area contributed by atoms with Crippen molar-refractivity contribution in [3.63, 3.8) is 0 Å². The van der Waals surface area contributed by atoms with Crippen LogP contribution in [0.1, 0.15) is 28.8 Å². The molecule has 1 saturated heterocycles. The molecule has 32 heavy (non-hydrogen) atoms. The number of nitrogens with zero attached hydrogens (tertiary/aromatic N) is 1. The topological polar surface area (TPSA) is 113 Å². The summed E-state index contributed by atoms with van der Waals surface area (Å²) in [7, 11) is -7.53. The van der Waals surface area contributed by atoms with Crippen LogP contribution in [-0.2, 0) is 25.8 Å². The van der Waals surface area contributed by atoms with Crippen molar-refractivity contribution >= 4 is 31.6 Å². The number of hydrogen-bond donors (Lipinski definition) is 2. The zero-order valence-corrected chi connectivity index (χ0v) is 18.9. The number of nitrogens with one attached hydrogen (secondary N) is 2. The van der Waals surface area contributed by atoms with Gasteiger partial charge < -0.3 is 5.32 Å². The molecule has 0 radical (unpaired) electrons. The van der Waals surface area contributed by atoms with E-state index in [0.717, 1.165) is 12.1 Å². The summed E-state index contributed by atoms with van der Waals surface area (Å²) in [5, 5.41) is 2.60. The molecule has 11 heteroatoms. The van der Waals surface area contributed by atoms with Gasteiger partial charge in [0, 0.05) is 30.9 Å². The first-order valence-electron chi connectivity index (χ1n) is 9.90. The monoisotopic (exact) mass is 481 g/mol. The molecule has 0 aliphatic carbocycles. The Labute approximate surface area is 187 Å². The Kier molecular flexibility index (Phi) is 7.44. The predicted molar refractivity (Wildman–Crippen MR) is 120 cm³/mol. The average Bonchev–Trinajstić information content (AvgIpc) is 3.29. The highest BCUT2D eigenvalue weighted by Crippen LogP contribution is 2.24. The van der Waals surface area contributed by atoms with Crippen molar-refractivity contribution in [2.75, 3.05) is 25.0 Å². The number of halogens is 1. The van der Waals surface area contributed by atoms with Crippen LogP contribution < -0.4 is 10.0 Å². The molecular weight excluding hydrogens is 457 g/mol. The molecule has 172 valence electrons. The molecule has 2 aromatic carbocycles. The molecule has 1 fully saturated rings. The maximum Gasteiger partial charge on any atom is 0.255 e. The van der Waals surface area contributed by atoms with Crippen LogP contribution in [0.3, 0.4) is 0 Å². The van der Waals surface area contributed by atoms with Gasteiger partial charge in [0.25, 0.3) is 5.91 Å². The SMILES string of the molecule is C=CCNS(=O)(=O)Cc1ccc(NC(=O)c2ccc(F)c(S(=O)(=O)N3CCCC3)c2)cc1. The summed E-state index contributed by atoms with van der Waals surface area (Å²) in [6.07, 6.45) is 2.86. The first-order chi connectivity index (χ1) is 15.1. The van der Waals surface area contributed by atoms with Gasteiger partial charge in [-0.15, -0.1) is 6.58 Å². The average molecular weight is 482 g/mol. The fourth-order valence-corrected chi connectivity index (χ4v) is 5.97. The Morgan fingerprint density at radius 3 is 2.34 bits per heavy atom. The van der Waals surface area contributed by atoms with Gasteiger partial charge in [-0.1, -0.05) is 18.2 Å². The summed E-state index contributed by atoms with van der Waals surface area (Å²) in [5.74, 6) is -1.76. The summed E-state index contributed by atoms with van der Waals surface area (Å²) in [5.41, 5.74) is 0.883. The lowest BCUT2D eigenvalue weighted by Crippen LogP contribution is -2.29. The Balaban J connectivity index is 1.73. The quantitative estimate of drug-likeness (QED) is 0.535. The second kappa shape index (κ2) is 9.90. The maximum atomic E-state index is 14.3. The van der Waals surface area contributed by atoms with Crippen molar-refractivity contribution in [2.24, 2.45) is 0 Å². The van der Waals surface area contributed by atoms with E-state index in [1.165, 1.54) is 28.6 Å². The van der Waals surface area contributed by atoms with Crippen molar-refractivity contribution in [1.82, 2.24) is 9.03 Å². The van der Waals surface area contributed by atoms with Gasteiger partial charge in [-0.05, 0) is 48.7 Å². The Bertz CT molecular complexity index is 1210. The van der Waals surface area contributed by atoms with E-state index < -0.39 is 36.7 Å². The highest BCUT2D eigenvalue weighted by Gasteiger charge is 2.30. The zero-order chi connectivity index (χ0) is 23.4. The van der Waals surface area contributed by atoms with Crippen LogP contribution in [0, 0.1) is 5.82 Å². The largest absolute Gasteiger partial charge is 0.322 e. The molecular formula is C21H24FN3O5S2. The summed E-state index contributed by atoms with van der Waals surface area (Å²) in [4.78, 5) is 12.1. The van der Waals surface area contributed by atoms with Crippen LogP contribution >= 0.6 is 0 Å². The molecule has 8 nitrogen and oxygen atoms in total. The third-order valence-electron chi connectivity index (χ3n) is 4.89. The molecule has 1 amide bonds. The molecule has 0 atom stereocenters. The van der Waals surface area contributed by atoms with E-state index in [4.69, 9.17) is 0 Å². The van der Waals surface area contributed by atoms with Gasteiger partial charge >= 0.3 is 0 Å². The van der Waals surface area contributed by atoms with Crippen LogP contribution in [0.5, 0.6) is 0 Å². The summed E-state index contributed by atoms with van der Waals surface area (Å²) < 4.78 is 67.1. The van der Waals surface area contributed by atoms with Crippen molar-refractivity contribution in [3.05, 3.63) is 72.1 Å². The number of amides is 1. The molecule has 0 spiro atoms. The summed E-state index contributed by atoms with van der Waals surface area (Å²) in [6, 6.07) is 9.36. The van der Waals surface area contributed by atoms with Crippen LogP contribution in [0.25, 0.3) is 0 Å². The van der Waals surface area contributed by atoms with Gasteiger partial charge in [-0.2, -0.15) is 4.31 Å². The highest BCUT2D eigenvalue weighted by atomic mass is 32.2. The number of anilines is 1. The minimum Gasteiger partial charge on any atom is -0.322 e. The highest BCUT2D eigenvalue weighted by molar-refractivity contribution is 7.89. The molecule has 0 saturated carbocycles.